The molecule has 1 aromatic carbocycles. The number of benzene rings is 1. The van der Waals surface area contributed by atoms with Gasteiger partial charge in [-0.15, -0.1) is 0 Å². The van der Waals surface area contributed by atoms with Crippen molar-refractivity contribution in [3.05, 3.63) is 35.9 Å². The van der Waals surface area contributed by atoms with E-state index < -0.39 is 0 Å². The smallest absolute Gasteiger partial charge is 0.253 e. The zero-order valence-corrected chi connectivity index (χ0v) is 13.4. The van der Waals surface area contributed by atoms with Gasteiger partial charge in [0.2, 0.25) is 0 Å². The Hall–Kier alpha value is -1.35. The summed E-state index contributed by atoms with van der Waals surface area (Å²) < 4.78 is 0. The fourth-order valence-electron chi connectivity index (χ4n) is 3.04. The zero-order chi connectivity index (χ0) is 15.1. The first-order chi connectivity index (χ1) is 10.2. The minimum absolute atomic E-state index is 0.188. The van der Waals surface area contributed by atoms with Crippen LogP contribution in [-0.2, 0) is 0 Å². The number of likely N-dealkylation sites (tertiary alicyclic amines) is 1. The predicted octanol–water partition coefficient (Wildman–Crippen LogP) is 3.27. The molecule has 0 N–H and O–H groups in total. The Morgan fingerprint density at radius 2 is 1.90 bits per heavy atom. The highest BCUT2D eigenvalue weighted by atomic mass is 16.2. The Labute approximate surface area is 128 Å². The van der Waals surface area contributed by atoms with Crippen LogP contribution in [0, 0.1) is 5.92 Å². The molecule has 0 spiro atoms. The molecule has 0 atom stereocenters. The van der Waals surface area contributed by atoms with Crippen LogP contribution < -0.4 is 0 Å². The minimum atomic E-state index is 0.188. The van der Waals surface area contributed by atoms with Gasteiger partial charge in [0.1, 0.15) is 0 Å². The molecule has 21 heavy (non-hydrogen) atoms. The first kappa shape index (κ1) is 16.0. The highest BCUT2D eigenvalue weighted by Crippen LogP contribution is 2.20. The van der Waals surface area contributed by atoms with E-state index in [1.807, 2.05) is 35.2 Å². The van der Waals surface area contributed by atoms with E-state index in [-0.39, 0.29) is 5.91 Å². The van der Waals surface area contributed by atoms with Crippen molar-refractivity contribution in [3.8, 4) is 0 Å². The lowest BCUT2D eigenvalue weighted by Crippen LogP contribution is -2.41. The number of rotatable bonds is 6. The number of carbonyl (C=O) groups excluding carboxylic acids is 1. The van der Waals surface area contributed by atoms with Crippen LogP contribution in [0.5, 0.6) is 0 Å². The van der Waals surface area contributed by atoms with Gasteiger partial charge in [-0.1, -0.05) is 31.5 Å². The van der Waals surface area contributed by atoms with E-state index in [1.54, 1.807) is 0 Å². The van der Waals surface area contributed by atoms with Gasteiger partial charge >= 0.3 is 0 Å². The predicted molar refractivity (Wildman–Crippen MR) is 87.5 cm³/mol. The fourth-order valence-corrected chi connectivity index (χ4v) is 3.04. The Bertz CT molecular complexity index is 424. The molecule has 0 aliphatic carbocycles. The molecule has 3 nitrogen and oxygen atoms in total. The van der Waals surface area contributed by atoms with Gasteiger partial charge in [-0.3, -0.25) is 4.79 Å². The third kappa shape index (κ3) is 4.85. The summed E-state index contributed by atoms with van der Waals surface area (Å²) in [4.78, 5) is 16.8. The van der Waals surface area contributed by atoms with Gasteiger partial charge in [-0.25, -0.2) is 0 Å². The number of amides is 1. The number of piperidine rings is 1. The molecular formula is C18H28N2O. The van der Waals surface area contributed by atoms with Crippen molar-refractivity contribution in [1.29, 1.82) is 0 Å². The zero-order valence-electron chi connectivity index (χ0n) is 13.4. The third-order valence-electron chi connectivity index (χ3n) is 4.39. The standard InChI is InChI=1S/C18H28N2O/c1-3-4-12-19(2)15-16-10-13-20(14-11-16)18(21)17-8-6-5-7-9-17/h5-9,16H,3-4,10-15H2,1-2H3. The molecule has 1 aromatic rings. The molecule has 1 amide bonds. The number of carbonyl (C=O) groups is 1. The molecule has 0 bridgehead atoms. The second kappa shape index (κ2) is 8.18. The average molecular weight is 288 g/mol. The Balaban J connectivity index is 1.77. The molecule has 116 valence electrons. The van der Waals surface area contributed by atoms with E-state index in [0.717, 1.165) is 37.4 Å². The molecule has 3 heteroatoms. The van der Waals surface area contributed by atoms with Crippen LogP contribution in [0.3, 0.4) is 0 Å². The van der Waals surface area contributed by atoms with Gasteiger partial charge in [-0.2, -0.15) is 0 Å². The van der Waals surface area contributed by atoms with Crippen molar-refractivity contribution in [2.45, 2.75) is 32.6 Å². The average Bonchev–Trinajstić information content (AvgIpc) is 2.54. The second-order valence-corrected chi connectivity index (χ2v) is 6.22. The van der Waals surface area contributed by atoms with Crippen LogP contribution in [0.2, 0.25) is 0 Å². The van der Waals surface area contributed by atoms with Crippen molar-refractivity contribution in [2.24, 2.45) is 5.92 Å². The fraction of sp³-hybridized carbons (Fsp3) is 0.611. The van der Waals surface area contributed by atoms with Gasteiger partial charge in [0.15, 0.2) is 0 Å². The highest BCUT2D eigenvalue weighted by molar-refractivity contribution is 5.94. The van der Waals surface area contributed by atoms with Gasteiger partial charge in [0.05, 0.1) is 0 Å². The molecule has 1 fully saturated rings. The normalized spacial score (nSPS) is 16.4. The Morgan fingerprint density at radius 3 is 2.52 bits per heavy atom. The molecule has 1 aliphatic heterocycles. The summed E-state index contributed by atoms with van der Waals surface area (Å²) in [5.41, 5.74) is 0.816. The number of hydrogen-bond acceptors (Lipinski definition) is 2. The van der Waals surface area contributed by atoms with Crippen LogP contribution in [0.15, 0.2) is 30.3 Å². The van der Waals surface area contributed by atoms with Crippen molar-refractivity contribution >= 4 is 5.91 Å². The molecule has 1 heterocycles. The highest BCUT2D eigenvalue weighted by Gasteiger charge is 2.24. The monoisotopic (exact) mass is 288 g/mol. The summed E-state index contributed by atoms with van der Waals surface area (Å²) in [5.74, 6) is 0.931. The van der Waals surface area contributed by atoms with E-state index in [9.17, 15) is 4.79 Å². The van der Waals surface area contributed by atoms with Gasteiger partial charge in [-0.05, 0) is 50.9 Å². The molecule has 1 aliphatic rings. The van der Waals surface area contributed by atoms with E-state index >= 15 is 0 Å². The molecule has 0 unspecified atom stereocenters. The van der Waals surface area contributed by atoms with Crippen LogP contribution in [0.25, 0.3) is 0 Å². The third-order valence-corrected chi connectivity index (χ3v) is 4.39. The van der Waals surface area contributed by atoms with Gasteiger partial charge in [0.25, 0.3) is 5.91 Å². The summed E-state index contributed by atoms with van der Waals surface area (Å²) >= 11 is 0. The van der Waals surface area contributed by atoms with Crippen molar-refractivity contribution in [1.82, 2.24) is 9.80 Å². The van der Waals surface area contributed by atoms with Crippen molar-refractivity contribution < 1.29 is 4.79 Å². The number of nitrogens with zero attached hydrogens (tertiary/aromatic N) is 2. The Kier molecular flexibility index (Phi) is 6.24. The first-order valence-electron chi connectivity index (χ1n) is 8.23. The summed E-state index contributed by atoms with van der Waals surface area (Å²) in [6.07, 6.45) is 4.81. The quantitative estimate of drug-likeness (QED) is 0.802. The van der Waals surface area contributed by atoms with Gasteiger partial charge < -0.3 is 9.80 Å². The molecule has 1 saturated heterocycles. The molecular weight excluding hydrogens is 260 g/mol. The van der Waals surface area contributed by atoms with E-state index in [4.69, 9.17) is 0 Å². The van der Waals surface area contributed by atoms with Crippen molar-refractivity contribution in [2.75, 3.05) is 33.2 Å². The topological polar surface area (TPSA) is 23.6 Å². The van der Waals surface area contributed by atoms with Crippen molar-refractivity contribution in [3.63, 3.8) is 0 Å². The van der Waals surface area contributed by atoms with Crippen LogP contribution in [0.1, 0.15) is 43.0 Å². The largest absolute Gasteiger partial charge is 0.339 e. The first-order valence-corrected chi connectivity index (χ1v) is 8.23. The Morgan fingerprint density at radius 1 is 1.24 bits per heavy atom. The lowest BCUT2D eigenvalue weighted by atomic mass is 9.95. The van der Waals surface area contributed by atoms with Crippen LogP contribution in [-0.4, -0.2) is 48.9 Å². The van der Waals surface area contributed by atoms with Crippen LogP contribution in [0.4, 0.5) is 0 Å². The maximum Gasteiger partial charge on any atom is 0.253 e. The minimum Gasteiger partial charge on any atom is -0.339 e. The molecule has 0 radical (unpaired) electrons. The lowest BCUT2D eigenvalue weighted by Gasteiger charge is -2.34. The van der Waals surface area contributed by atoms with Gasteiger partial charge in [0, 0.05) is 25.2 Å². The SMILES string of the molecule is CCCCN(C)CC1CCN(C(=O)c2ccccc2)CC1. The second-order valence-electron chi connectivity index (χ2n) is 6.22. The summed E-state index contributed by atoms with van der Waals surface area (Å²) in [5, 5.41) is 0. The summed E-state index contributed by atoms with van der Waals surface area (Å²) in [6, 6.07) is 9.64. The molecule has 0 aromatic heterocycles. The van der Waals surface area contributed by atoms with E-state index in [0.29, 0.717) is 0 Å². The lowest BCUT2D eigenvalue weighted by molar-refractivity contribution is 0.0673. The maximum absolute atomic E-state index is 12.4. The number of unbranched alkanes of at least 4 members (excludes halogenated alkanes) is 1. The summed E-state index contributed by atoms with van der Waals surface area (Å²) in [6.45, 7) is 6.41. The maximum atomic E-state index is 12.4. The van der Waals surface area contributed by atoms with E-state index in [1.165, 1.54) is 25.9 Å². The number of hydrogen-bond donors (Lipinski definition) is 0. The van der Waals surface area contributed by atoms with Crippen LogP contribution >= 0.6 is 0 Å². The summed E-state index contributed by atoms with van der Waals surface area (Å²) in [7, 11) is 2.22. The molecule has 0 saturated carbocycles. The van der Waals surface area contributed by atoms with E-state index in [2.05, 4.69) is 18.9 Å². The molecule has 2 rings (SSSR count).